The fourth-order valence-corrected chi connectivity index (χ4v) is 3.93. The number of hydrogen-bond donors (Lipinski definition) is 5. The maximum atomic E-state index is 10.8. The summed E-state index contributed by atoms with van der Waals surface area (Å²) in [4.78, 5) is 0. The van der Waals surface area contributed by atoms with Gasteiger partial charge in [0.25, 0.3) is 0 Å². The highest BCUT2D eigenvalue weighted by molar-refractivity contribution is 8.14. The van der Waals surface area contributed by atoms with E-state index in [1.54, 1.807) is 0 Å². The van der Waals surface area contributed by atoms with E-state index in [4.69, 9.17) is 9.29 Å². The summed E-state index contributed by atoms with van der Waals surface area (Å²) in [6.07, 6.45) is -3.68. The zero-order valence-corrected chi connectivity index (χ0v) is 15.6. The molecule has 1 rings (SSSR count). The smallest absolute Gasteiger partial charge is 0.394 e. The van der Waals surface area contributed by atoms with Gasteiger partial charge in [-0.2, -0.15) is 8.42 Å². The first-order valence-corrected chi connectivity index (χ1v) is 10.1. The van der Waals surface area contributed by atoms with Crippen molar-refractivity contribution in [1.29, 1.82) is 0 Å². The van der Waals surface area contributed by atoms with E-state index >= 15 is 0 Å². The van der Waals surface area contributed by atoms with Gasteiger partial charge in [-0.05, 0) is 12.8 Å². The molecule has 1 saturated heterocycles. The van der Waals surface area contributed by atoms with Crippen LogP contribution in [0.15, 0.2) is 5.16 Å². The van der Waals surface area contributed by atoms with Gasteiger partial charge in [0.15, 0.2) is 0 Å². The lowest BCUT2D eigenvalue weighted by Gasteiger charge is -2.39. The van der Waals surface area contributed by atoms with Gasteiger partial charge in [-0.3, -0.25) is 4.55 Å². The normalized spacial score (nSPS) is 32.4. The Balaban J connectivity index is 3.02. The highest BCUT2D eigenvalue weighted by Gasteiger charge is 2.44. The topological polar surface area (TPSA) is 166 Å². The molecule has 6 atom stereocenters. The summed E-state index contributed by atoms with van der Waals surface area (Å²) < 4.78 is 39.7. The maximum absolute atomic E-state index is 10.8. The zero-order chi connectivity index (χ0) is 19.2. The molecule has 1 aliphatic rings. The van der Waals surface area contributed by atoms with E-state index in [1.807, 2.05) is 13.8 Å². The number of ether oxygens (including phenoxy) is 1. The van der Waals surface area contributed by atoms with Gasteiger partial charge in [-0.1, -0.05) is 37.2 Å². The standard InChI is InChI=1S/C13H25NO9S2/c1-3-5-7(4-2)12(14-23-25(19,20)21)24-13-11(18)10(17)9(16)8(6-15)22-13/h7-11,13,15-18H,3-6H2,1-2H3,(H,19,20,21). The molecule has 0 radical (unpaired) electrons. The van der Waals surface area contributed by atoms with Crippen molar-refractivity contribution >= 4 is 27.2 Å². The summed E-state index contributed by atoms with van der Waals surface area (Å²) in [6, 6.07) is 0. The van der Waals surface area contributed by atoms with Crippen LogP contribution in [0.5, 0.6) is 0 Å². The lowest BCUT2D eigenvalue weighted by atomic mass is 10.0. The second-order valence-electron chi connectivity index (χ2n) is 5.64. The third-order valence-corrected chi connectivity index (χ3v) is 5.32. The molecule has 0 aromatic rings. The third-order valence-electron chi connectivity index (χ3n) is 3.79. The van der Waals surface area contributed by atoms with Crippen LogP contribution in [0.4, 0.5) is 0 Å². The minimum atomic E-state index is -4.80. The van der Waals surface area contributed by atoms with E-state index in [0.717, 1.165) is 18.2 Å². The van der Waals surface area contributed by atoms with Crippen LogP contribution >= 0.6 is 11.8 Å². The van der Waals surface area contributed by atoms with Gasteiger partial charge in [0.2, 0.25) is 0 Å². The highest BCUT2D eigenvalue weighted by Crippen LogP contribution is 2.33. The van der Waals surface area contributed by atoms with E-state index in [1.165, 1.54) is 0 Å². The molecule has 0 amide bonds. The Morgan fingerprint density at radius 2 is 1.88 bits per heavy atom. The Kier molecular flexibility index (Phi) is 9.04. The number of oxime groups is 1. The third kappa shape index (κ3) is 6.64. The molecule has 6 unspecified atom stereocenters. The highest BCUT2D eigenvalue weighted by atomic mass is 32.3. The fourth-order valence-electron chi connectivity index (χ4n) is 2.41. The minimum absolute atomic E-state index is 0.145. The number of hydrogen-bond acceptors (Lipinski definition) is 10. The summed E-state index contributed by atoms with van der Waals surface area (Å²) in [6.45, 7) is 3.18. The number of thioether (sulfide) groups is 1. The number of rotatable bonds is 8. The lowest BCUT2D eigenvalue weighted by molar-refractivity contribution is -0.205. The Morgan fingerprint density at radius 3 is 2.36 bits per heavy atom. The van der Waals surface area contributed by atoms with Crippen molar-refractivity contribution < 1.29 is 42.4 Å². The molecule has 25 heavy (non-hydrogen) atoms. The van der Waals surface area contributed by atoms with Crippen LogP contribution in [0.1, 0.15) is 33.1 Å². The SMILES string of the molecule is CCCC(CC)C(=NOS(=O)(=O)O)SC1OC(CO)C(O)C(O)C1O. The second-order valence-corrected chi connectivity index (χ2v) is 7.76. The molecule has 148 valence electrons. The molecule has 0 bridgehead atoms. The van der Waals surface area contributed by atoms with E-state index in [2.05, 4.69) is 9.44 Å². The van der Waals surface area contributed by atoms with Crippen LogP contribution in [0.3, 0.4) is 0 Å². The molecule has 12 heteroatoms. The molecular weight excluding hydrogens is 378 g/mol. The monoisotopic (exact) mass is 403 g/mol. The molecule has 5 N–H and O–H groups in total. The molecule has 1 aliphatic heterocycles. The molecule has 0 saturated carbocycles. The van der Waals surface area contributed by atoms with Gasteiger partial charge >= 0.3 is 10.4 Å². The molecule has 0 aliphatic carbocycles. The Morgan fingerprint density at radius 1 is 1.24 bits per heavy atom. The predicted octanol–water partition coefficient (Wildman–Crippen LogP) is -0.521. The zero-order valence-electron chi connectivity index (χ0n) is 13.9. The fraction of sp³-hybridized carbons (Fsp3) is 0.923. The quantitative estimate of drug-likeness (QED) is 0.154. The molecule has 0 aromatic heterocycles. The molecule has 1 fully saturated rings. The van der Waals surface area contributed by atoms with Crippen LogP contribution in [-0.4, -0.2) is 74.9 Å². The molecule has 1 heterocycles. The first-order valence-electron chi connectivity index (χ1n) is 7.85. The van der Waals surface area contributed by atoms with Gasteiger partial charge in [0.05, 0.1) is 6.61 Å². The average Bonchev–Trinajstić information content (AvgIpc) is 2.55. The Bertz CT molecular complexity index is 540. The van der Waals surface area contributed by atoms with E-state index in [9.17, 15) is 28.8 Å². The van der Waals surface area contributed by atoms with E-state index < -0.39 is 46.9 Å². The number of aliphatic hydroxyl groups is 4. The van der Waals surface area contributed by atoms with Crippen molar-refractivity contribution in [3.8, 4) is 0 Å². The van der Waals surface area contributed by atoms with Gasteiger partial charge in [0, 0.05) is 5.92 Å². The molecule has 10 nitrogen and oxygen atoms in total. The van der Waals surface area contributed by atoms with Crippen molar-refractivity contribution in [1.82, 2.24) is 0 Å². The summed E-state index contributed by atoms with van der Waals surface area (Å²) in [7, 11) is -4.80. The van der Waals surface area contributed by atoms with Crippen molar-refractivity contribution in [2.75, 3.05) is 6.61 Å². The Labute approximate surface area is 150 Å². The van der Waals surface area contributed by atoms with Crippen molar-refractivity contribution in [3.05, 3.63) is 0 Å². The van der Waals surface area contributed by atoms with Gasteiger partial charge in [-0.15, -0.1) is 0 Å². The Hall–Kier alpha value is -0.470. The summed E-state index contributed by atoms with van der Waals surface area (Å²) >= 11 is 0.807. The predicted molar refractivity (Wildman–Crippen MR) is 90.1 cm³/mol. The summed E-state index contributed by atoms with van der Waals surface area (Å²) in [5.74, 6) is -0.232. The van der Waals surface area contributed by atoms with Crippen molar-refractivity contribution in [3.63, 3.8) is 0 Å². The van der Waals surface area contributed by atoms with E-state index in [-0.39, 0.29) is 11.0 Å². The van der Waals surface area contributed by atoms with E-state index in [0.29, 0.717) is 12.8 Å². The lowest BCUT2D eigenvalue weighted by Crippen LogP contribution is -2.57. The van der Waals surface area contributed by atoms with Crippen molar-refractivity contribution in [2.24, 2.45) is 11.1 Å². The minimum Gasteiger partial charge on any atom is -0.394 e. The van der Waals surface area contributed by atoms with Gasteiger partial charge < -0.3 is 25.2 Å². The summed E-state index contributed by atoms with van der Waals surface area (Å²) in [5, 5.41) is 42.5. The van der Waals surface area contributed by atoms with Gasteiger partial charge in [0.1, 0.15) is 34.9 Å². The molecular formula is C13H25NO9S2. The maximum Gasteiger partial charge on any atom is 0.466 e. The molecule has 0 aromatic carbocycles. The first-order chi connectivity index (χ1) is 11.6. The number of nitrogens with zero attached hydrogens (tertiary/aromatic N) is 1. The summed E-state index contributed by atoms with van der Waals surface area (Å²) in [5.41, 5.74) is -1.12. The van der Waals surface area contributed by atoms with Crippen LogP contribution in [-0.2, 0) is 19.4 Å². The van der Waals surface area contributed by atoms with Crippen LogP contribution in [0.25, 0.3) is 0 Å². The average molecular weight is 403 g/mol. The van der Waals surface area contributed by atoms with Crippen molar-refractivity contribution in [2.45, 2.75) is 63.0 Å². The van der Waals surface area contributed by atoms with Crippen LogP contribution in [0, 0.1) is 5.92 Å². The first kappa shape index (κ1) is 22.6. The second kappa shape index (κ2) is 10.0. The van der Waals surface area contributed by atoms with Crippen LogP contribution < -0.4 is 0 Å². The van der Waals surface area contributed by atoms with Gasteiger partial charge in [-0.25, -0.2) is 4.28 Å². The largest absolute Gasteiger partial charge is 0.466 e. The number of aliphatic hydroxyl groups excluding tert-OH is 4. The van der Waals surface area contributed by atoms with Crippen LogP contribution in [0.2, 0.25) is 0 Å². The molecule has 0 spiro atoms.